The van der Waals surface area contributed by atoms with Crippen molar-refractivity contribution in [3.05, 3.63) is 0 Å². The fourth-order valence-electron chi connectivity index (χ4n) is 0.389. The van der Waals surface area contributed by atoms with E-state index in [9.17, 15) is 8.42 Å². The third-order valence-electron chi connectivity index (χ3n) is 1.08. The zero-order chi connectivity index (χ0) is 8.91. The maximum absolute atomic E-state index is 11.0. The molecule has 0 radical (unpaired) electrons. The molecule has 0 aliphatic heterocycles. The van der Waals surface area contributed by atoms with Crippen LogP contribution < -0.4 is 0 Å². The molecular weight excluding hydrogens is 184 g/mol. The van der Waals surface area contributed by atoms with Gasteiger partial charge in [-0.2, -0.15) is 0 Å². The molecule has 0 aromatic heterocycles. The van der Waals surface area contributed by atoms with E-state index in [2.05, 4.69) is 22.4 Å². The molecule has 0 amide bonds. The molecule has 0 aliphatic carbocycles. The standard InChI is InChI=1S/C5H10N2O2S2/c1-7(2)11(8,9)4-3-6-5-10/h3-4H2,1-2H3. The quantitative estimate of drug-likeness (QED) is 0.467. The number of hydrogen-bond donors (Lipinski definition) is 0. The molecule has 0 heterocycles. The predicted octanol–water partition coefficient (Wildman–Crippen LogP) is -0.0194. The van der Waals surface area contributed by atoms with Crippen LogP contribution in [-0.4, -0.2) is 44.3 Å². The van der Waals surface area contributed by atoms with Crippen molar-refractivity contribution in [3.8, 4) is 0 Å². The first-order valence-corrected chi connectivity index (χ1v) is 4.96. The van der Waals surface area contributed by atoms with Gasteiger partial charge in [-0.15, -0.1) is 0 Å². The fraction of sp³-hybridized carbons (Fsp3) is 0.800. The van der Waals surface area contributed by atoms with Gasteiger partial charge in [-0.3, -0.25) is 0 Å². The Morgan fingerprint density at radius 3 is 2.45 bits per heavy atom. The van der Waals surface area contributed by atoms with E-state index in [1.54, 1.807) is 0 Å². The summed E-state index contributed by atoms with van der Waals surface area (Å²) in [5.41, 5.74) is 0. The van der Waals surface area contributed by atoms with E-state index < -0.39 is 10.0 Å². The van der Waals surface area contributed by atoms with Crippen LogP contribution in [0.25, 0.3) is 0 Å². The van der Waals surface area contributed by atoms with Gasteiger partial charge in [-0.05, 0) is 12.2 Å². The van der Waals surface area contributed by atoms with Gasteiger partial charge in [0.05, 0.1) is 17.5 Å². The van der Waals surface area contributed by atoms with Gasteiger partial charge in [0.15, 0.2) is 0 Å². The lowest BCUT2D eigenvalue weighted by atomic mass is 10.8. The predicted molar refractivity (Wildman–Crippen MR) is 47.4 cm³/mol. The van der Waals surface area contributed by atoms with E-state index in [4.69, 9.17) is 0 Å². The number of hydrogen-bond acceptors (Lipinski definition) is 4. The van der Waals surface area contributed by atoms with Crippen LogP contribution in [0.4, 0.5) is 0 Å². The lowest BCUT2D eigenvalue weighted by Crippen LogP contribution is -2.26. The van der Waals surface area contributed by atoms with Crippen LogP contribution in [0.2, 0.25) is 0 Å². The molecule has 0 unspecified atom stereocenters. The van der Waals surface area contributed by atoms with Crippen LogP contribution in [-0.2, 0) is 10.0 Å². The zero-order valence-corrected chi connectivity index (χ0v) is 8.07. The van der Waals surface area contributed by atoms with E-state index in [1.807, 2.05) is 0 Å². The molecule has 0 aliphatic rings. The highest BCUT2D eigenvalue weighted by atomic mass is 32.2. The number of sulfonamides is 1. The highest BCUT2D eigenvalue weighted by molar-refractivity contribution is 7.89. The third kappa shape index (κ3) is 4.21. The van der Waals surface area contributed by atoms with Crippen molar-refractivity contribution in [1.29, 1.82) is 0 Å². The molecular formula is C5H10N2O2S2. The molecule has 0 spiro atoms. The van der Waals surface area contributed by atoms with Crippen LogP contribution in [0.5, 0.6) is 0 Å². The second-order valence-corrected chi connectivity index (χ2v) is 4.56. The van der Waals surface area contributed by atoms with Crippen LogP contribution in [0.3, 0.4) is 0 Å². The summed E-state index contributed by atoms with van der Waals surface area (Å²) < 4.78 is 23.2. The van der Waals surface area contributed by atoms with Crippen molar-refractivity contribution in [2.24, 2.45) is 4.99 Å². The van der Waals surface area contributed by atoms with E-state index >= 15 is 0 Å². The monoisotopic (exact) mass is 194 g/mol. The van der Waals surface area contributed by atoms with Gasteiger partial charge in [0.25, 0.3) is 0 Å². The van der Waals surface area contributed by atoms with E-state index in [-0.39, 0.29) is 12.3 Å². The fourth-order valence-corrected chi connectivity index (χ4v) is 1.17. The summed E-state index contributed by atoms with van der Waals surface area (Å²) in [6, 6.07) is 0. The lowest BCUT2D eigenvalue weighted by Gasteiger charge is -2.08. The molecule has 0 saturated carbocycles. The van der Waals surface area contributed by atoms with Gasteiger partial charge >= 0.3 is 0 Å². The first-order chi connectivity index (χ1) is 5.00. The van der Waals surface area contributed by atoms with Crippen molar-refractivity contribution < 1.29 is 8.42 Å². The third-order valence-corrected chi connectivity index (χ3v) is 3.02. The van der Waals surface area contributed by atoms with Crippen LogP contribution in [0, 0.1) is 0 Å². The van der Waals surface area contributed by atoms with Gasteiger partial charge in [0.2, 0.25) is 10.0 Å². The topological polar surface area (TPSA) is 49.7 Å². The number of aliphatic imine (C=N–C) groups is 1. The SMILES string of the molecule is CN(C)S(=O)(=O)CCN=C=S. The van der Waals surface area contributed by atoms with E-state index in [0.29, 0.717) is 0 Å². The molecule has 0 saturated heterocycles. The van der Waals surface area contributed by atoms with Crippen molar-refractivity contribution >= 4 is 27.4 Å². The molecule has 0 atom stereocenters. The Morgan fingerprint density at radius 1 is 1.55 bits per heavy atom. The zero-order valence-electron chi connectivity index (χ0n) is 6.44. The molecule has 6 heteroatoms. The summed E-state index contributed by atoms with van der Waals surface area (Å²) >= 11 is 4.28. The first kappa shape index (κ1) is 10.7. The van der Waals surface area contributed by atoms with Crippen LogP contribution in [0.1, 0.15) is 0 Å². The van der Waals surface area contributed by atoms with Gasteiger partial charge in [-0.25, -0.2) is 17.7 Å². The minimum absolute atomic E-state index is 0.0103. The second-order valence-electron chi connectivity index (χ2n) is 2.07. The summed E-state index contributed by atoms with van der Waals surface area (Å²) in [7, 11) is -0.152. The Hall–Kier alpha value is -0.290. The highest BCUT2D eigenvalue weighted by Gasteiger charge is 2.11. The average Bonchev–Trinajstić information content (AvgIpc) is 1.88. The van der Waals surface area contributed by atoms with Crippen LogP contribution >= 0.6 is 12.2 Å². The van der Waals surface area contributed by atoms with Crippen molar-refractivity contribution in [1.82, 2.24) is 4.31 Å². The number of isothiocyanates is 1. The van der Waals surface area contributed by atoms with Crippen molar-refractivity contribution in [2.45, 2.75) is 0 Å². The summed E-state index contributed by atoms with van der Waals surface area (Å²) in [6.45, 7) is 0.185. The van der Waals surface area contributed by atoms with Crippen molar-refractivity contribution in [3.63, 3.8) is 0 Å². The molecule has 0 bridgehead atoms. The largest absolute Gasteiger partial charge is 0.231 e. The maximum atomic E-state index is 11.0. The first-order valence-electron chi connectivity index (χ1n) is 2.94. The van der Waals surface area contributed by atoms with Crippen LogP contribution in [0.15, 0.2) is 4.99 Å². The number of thiocarbonyl (C=S) groups is 1. The normalized spacial score (nSPS) is 11.2. The molecule has 0 aromatic rings. The minimum atomic E-state index is -3.12. The molecule has 11 heavy (non-hydrogen) atoms. The molecule has 64 valence electrons. The minimum Gasteiger partial charge on any atom is -0.231 e. The molecule has 0 N–H and O–H groups in total. The highest BCUT2D eigenvalue weighted by Crippen LogP contribution is 1.92. The molecule has 0 fully saturated rings. The smallest absolute Gasteiger partial charge is 0.215 e. The second kappa shape index (κ2) is 4.56. The lowest BCUT2D eigenvalue weighted by molar-refractivity contribution is 0.521. The van der Waals surface area contributed by atoms with Gasteiger partial charge < -0.3 is 0 Å². The summed E-state index contributed by atoms with van der Waals surface area (Å²) in [4.78, 5) is 3.50. The van der Waals surface area contributed by atoms with Gasteiger partial charge in [-0.1, -0.05) is 0 Å². The average molecular weight is 194 g/mol. The Morgan fingerprint density at radius 2 is 2.09 bits per heavy atom. The van der Waals surface area contributed by atoms with E-state index in [0.717, 1.165) is 4.31 Å². The summed E-state index contributed by atoms with van der Waals surface area (Å²) in [5, 5.41) is 2.10. The number of rotatable bonds is 4. The van der Waals surface area contributed by atoms with Gasteiger partial charge in [0.1, 0.15) is 0 Å². The molecule has 0 aromatic carbocycles. The van der Waals surface area contributed by atoms with Gasteiger partial charge in [0, 0.05) is 14.1 Å². The Balaban J connectivity index is 4.05. The summed E-state index contributed by atoms with van der Waals surface area (Å²) in [5.74, 6) is -0.0103. The number of nitrogens with zero attached hydrogens (tertiary/aromatic N) is 2. The van der Waals surface area contributed by atoms with E-state index in [1.165, 1.54) is 14.1 Å². The molecule has 0 rings (SSSR count). The maximum Gasteiger partial charge on any atom is 0.215 e. The summed E-state index contributed by atoms with van der Waals surface area (Å²) in [6.07, 6.45) is 0. The Bertz CT molecular complexity index is 252. The Kier molecular flexibility index (Phi) is 4.44. The Labute approximate surface area is 72.0 Å². The van der Waals surface area contributed by atoms with Crippen molar-refractivity contribution in [2.75, 3.05) is 26.4 Å². The molecule has 4 nitrogen and oxygen atoms in total.